The summed E-state index contributed by atoms with van der Waals surface area (Å²) < 4.78 is 12.2. The van der Waals surface area contributed by atoms with Crippen LogP contribution in [0.25, 0.3) is 10.9 Å². The SMILES string of the molecule is CC1(C)Oc2ccc(C#N)cc2C(Oc2cc(N)nc3ccccc23)C1O. The summed E-state index contributed by atoms with van der Waals surface area (Å²) in [5, 5.41) is 21.0. The Hall–Kier alpha value is -3.30. The lowest BCUT2D eigenvalue weighted by molar-refractivity contribution is -0.102. The van der Waals surface area contributed by atoms with Crippen molar-refractivity contribution >= 4 is 16.7 Å². The van der Waals surface area contributed by atoms with Gasteiger partial charge in [-0.1, -0.05) is 12.1 Å². The summed E-state index contributed by atoms with van der Waals surface area (Å²) >= 11 is 0. The summed E-state index contributed by atoms with van der Waals surface area (Å²) in [7, 11) is 0. The first-order valence-electron chi connectivity index (χ1n) is 8.62. The molecule has 1 aliphatic rings. The standard InChI is InChI=1S/C21H19N3O3/c1-21(2)20(25)19(14-9-12(11-22)7-8-16(14)27-21)26-17-10-18(23)24-15-6-4-3-5-13(15)17/h3-10,19-20,25H,1-2H3,(H2,23,24). The van der Waals surface area contributed by atoms with Crippen molar-refractivity contribution in [1.82, 2.24) is 4.98 Å². The van der Waals surface area contributed by atoms with Gasteiger partial charge in [-0.25, -0.2) is 4.98 Å². The molecule has 2 heterocycles. The van der Waals surface area contributed by atoms with Crippen molar-refractivity contribution in [2.75, 3.05) is 5.73 Å². The molecule has 0 bridgehead atoms. The molecular formula is C21H19N3O3. The molecule has 27 heavy (non-hydrogen) atoms. The average molecular weight is 361 g/mol. The van der Waals surface area contributed by atoms with Crippen LogP contribution < -0.4 is 15.2 Å². The Kier molecular flexibility index (Phi) is 3.90. The quantitative estimate of drug-likeness (QED) is 0.726. The highest BCUT2D eigenvalue weighted by Gasteiger charge is 2.44. The predicted octanol–water partition coefficient (Wildman–Crippen LogP) is 3.34. The monoisotopic (exact) mass is 361 g/mol. The summed E-state index contributed by atoms with van der Waals surface area (Å²) in [4.78, 5) is 4.32. The third-order valence-electron chi connectivity index (χ3n) is 4.77. The van der Waals surface area contributed by atoms with Crippen molar-refractivity contribution in [2.24, 2.45) is 0 Å². The first-order valence-corrected chi connectivity index (χ1v) is 8.62. The maximum atomic E-state index is 10.9. The predicted molar refractivity (Wildman–Crippen MR) is 101 cm³/mol. The fourth-order valence-corrected chi connectivity index (χ4v) is 3.34. The van der Waals surface area contributed by atoms with Crippen LogP contribution in [-0.4, -0.2) is 21.8 Å². The minimum Gasteiger partial charge on any atom is -0.485 e. The highest BCUT2D eigenvalue weighted by atomic mass is 16.5. The summed E-state index contributed by atoms with van der Waals surface area (Å²) in [5.41, 5.74) is 6.88. The topological polar surface area (TPSA) is 101 Å². The minimum absolute atomic E-state index is 0.329. The summed E-state index contributed by atoms with van der Waals surface area (Å²) in [5.74, 6) is 1.43. The largest absolute Gasteiger partial charge is 0.485 e. The van der Waals surface area contributed by atoms with E-state index < -0.39 is 17.8 Å². The smallest absolute Gasteiger partial charge is 0.157 e. The molecule has 2 atom stereocenters. The van der Waals surface area contributed by atoms with E-state index in [0.717, 1.165) is 5.39 Å². The first kappa shape index (κ1) is 17.1. The minimum atomic E-state index is -0.952. The van der Waals surface area contributed by atoms with E-state index in [2.05, 4.69) is 11.1 Å². The van der Waals surface area contributed by atoms with Gasteiger partial charge in [0.2, 0.25) is 0 Å². The number of nitrogen functional groups attached to an aromatic ring is 1. The number of rotatable bonds is 2. The molecule has 2 unspecified atom stereocenters. The van der Waals surface area contributed by atoms with Crippen molar-refractivity contribution < 1.29 is 14.6 Å². The van der Waals surface area contributed by atoms with Crippen LogP contribution in [0.4, 0.5) is 5.82 Å². The number of ether oxygens (including phenoxy) is 2. The Bertz CT molecular complexity index is 1070. The maximum Gasteiger partial charge on any atom is 0.157 e. The van der Waals surface area contributed by atoms with E-state index >= 15 is 0 Å². The lowest BCUT2D eigenvalue weighted by Crippen LogP contribution is -2.50. The van der Waals surface area contributed by atoms with Crippen molar-refractivity contribution in [3.05, 3.63) is 59.7 Å². The van der Waals surface area contributed by atoms with Crippen molar-refractivity contribution in [3.63, 3.8) is 0 Å². The molecular weight excluding hydrogens is 342 g/mol. The van der Waals surface area contributed by atoms with Gasteiger partial charge in [-0.15, -0.1) is 0 Å². The van der Waals surface area contributed by atoms with E-state index in [1.807, 2.05) is 24.3 Å². The van der Waals surface area contributed by atoms with Gasteiger partial charge in [0.25, 0.3) is 0 Å². The molecule has 6 heteroatoms. The van der Waals surface area contributed by atoms with E-state index in [1.54, 1.807) is 38.1 Å². The third kappa shape index (κ3) is 2.92. The Morgan fingerprint density at radius 3 is 2.78 bits per heavy atom. The van der Waals surface area contributed by atoms with Gasteiger partial charge in [-0.3, -0.25) is 0 Å². The lowest BCUT2D eigenvalue weighted by Gasteiger charge is -2.42. The van der Waals surface area contributed by atoms with Gasteiger partial charge in [0.05, 0.1) is 17.1 Å². The molecule has 1 aliphatic heterocycles. The van der Waals surface area contributed by atoms with Crippen LogP contribution >= 0.6 is 0 Å². The Morgan fingerprint density at radius 1 is 1.22 bits per heavy atom. The van der Waals surface area contributed by atoms with Gasteiger partial charge in [0.1, 0.15) is 29.0 Å². The van der Waals surface area contributed by atoms with Crippen LogP contribution in [0.3, 0.4) is 0 Å². The number of pyridine rings is 1. The normalized spacial score (nSPS) is 20.4. The van der Waals surface area contributed by atoms with Gasteiger partial charge in [0.15, 0.2) is 6.10 Å². The second-order valence-electron chi connectivity index (χ2n) is 7.12. The summed E-state index contributed by atoms with van der Waals surface area (Å²) in [6, 6.07) is 16.4. The zero-order chi connectivity index (χ0) is 19.2. The molecule has 6 nitrogen and oxygen atoms in total. The van der Waals surface area contributed by atoms with Crippen molar-refractivity contribution in [3.8, 4) is 17.6 Å². The number of hydrogen-bond donors (Lipinski definition) is 2. The zero-order valence-electron chi connectivity index (χ0n) is 15.0. The fourth-order valence-electron chi connectivity index (χ4n) is 3.34. The molecule has 0 saturated carbocycles. The molecule has 3 N–H and O–H groups in total. The van der Waals surface area contributed by atoms with E-state index in [-0.39, 0.29) is 0 Å². The Balaban J connectivity index is 1.85. The molecule has 2 aromatic carbocycles. The number of nitrogens with zero attached hydrogens (tertiary/aromatic N) is 2. The average Bonchev–Trinajstić information content (AvgIpc) is 2.64. The number of nitrogens with two attached hydrogens (primary N) is 1. The van der Waals surface area contributed by atoms with Gasteiger partial charge in [-0.2, -0.15) is 5.26 Å². The van der Waals surface area contributed by atoms with E-state index in [4.69, 9.17) is 15.2 Å². The highest BCUT2D eigenvalue weighted by Crippen LogP contribution is 2.43. The van der Waals surface area contributed by atoms with Crippen LogP contribution in [0.1, 0.15) is 31.1 Å². The van der Waals surface area contributed by atoms with Crippen LogP contribution in [0.5, 0.6) is 11.5 Å². The number of nitriles is 1. The number of para-hydroxylation sites is 1. The molecule has 136 valence electrons. The highest BCUT2D eigenvalue weighted by molar-refractivity contribution is 5.86. The molecule has 1 aromatic heterocycles. The van der Waals surface area contributed by atoms with Crippen LogP contribution in [0.2, 0.25) is 0 Å². The number of aliphatic hydroxyl groups excluding tert-OH is 1. The number of hydrogen-bond acceptors (Lipinski definition) is 6. The van der Waals surface area contributed by atoms with Crippen molar-refractivity contribution in [1.29, 1.82) is 5.26 Å². The zero-order valence-corrected chi connectivity index (χ0v) is 15.0. The Morgan fingerprint density at radius 2 is 2.00 bits per heavy atom. The number of benzene rings is 2. The summed E-state index contributed by atoms with van der Waals surface area (Å²) in [6.45, 7) is 3.60. The van der Waals surface area contributed by atoms with Gasteiger partial charge in [-0.05, 0) is 44.2 Å². The van der Waals surface area contributed by atoms with Crippen LogP contribution in [0.15, 0.2) is 48.5 Å². The molecule has 0 aliphatic carbocycles. The van der Waals surface area contributed by atoms with Crippen LogP contribution in [0, 0.1) is 11.3 Å². The molecule has 0 spiro atoms. The van der Waals surface area contributed by atoms with E-state index in [9.17, 15) is 10.4 Å². The number of aromatic nitrogens is 1. The summed E-state index contributed by atoms with van der Waals surface area (Å²) in [6.07, 6.45) is -1.67. The van der Waals surface area contributed by atoms with Crippen molar-refractivity contribution in [2.45, 2.75) is 31.7 Å². The van der Waals surface area contributed by atoms with E-state index in [0.29, 0.717) is 34.0 Å². The van der Waals surface area contributed by atoms with E-state index in [1.165, 1.54) is 0 Å². The molecule has 3 aromatic rings. The van der Waals surface area contributed by atoms with Gasteiger partial charge >= 0.3 is 0 Å². The molecule has 0 fully saturated rings. The number of aliphatic hydroxyl groups is 1. The molecule has 0 radical (unpaired) electrons. The van der Waals surface area contributed by atoms with Crippen LogP contribution in [-0.2, 0) is 0 Å². The van der Waals surface area contributed by atoms with Gasteiger partial charge in [0, 0.05) is 17.0 Å². The third-order valence-corrected chi connectivity index (χ3v) is 4.77. The molecule has 0 saturated heterocycles. The maximum absolute atomic E-state index is 10.9. The lowest BCUT2D eigenvalue weighted by atomic mass is 9.87. The fraction of sp³-hybridized carbons (Fsp3) is 0.238. The van der Waals surface area contributed by atoms with Gasteiger partial charge < -0.3 is 20.3 Å². The number of fused-ring (bicyclic) bond motifs is 2. The second-order valence-corrected chi connectivity index (χ2v) is 7.12. The molecule has 0 amide bonds. The Labute approximate surface area is 156 Å². The number of anilines is 1. The first-order chi connectivity index (χ1) is 12.9. The second kappa shape index (κ2) is 6.15. The molecule has 4 rings (SSSR count).